The molecular formula is C30H55NO16P2S. The van der Waals surface area contributed by atoms with Crippen molar-refractivity contribution in [3.8, 4) is 0 Å². The zero-order valence-corrected chi connectivity index (χ0v) is 31.3. The predicted molar refractivity (Wildman–Crippen MR) is 184 cm³/mol. The summed E-state index contributed by atoms with van der Waals surface area (Å²) < 4.78 is 44.0. The molecule has 0 aliphatic carbocycles. The first-order valence-corrected chi connectivity index (χ1v) is 20.9. The fraction of sp³-hybridized carbons (Fsp3) is 0.800. The summed E-state index contributed by atoms with van der Waals surface area (Å²) in [5.74, 6) is -1.70. The lowest BCUT2D eigenvalue weighted by Crippen LogP contribution is -2.31. The Labute approximate surface area is 297 Å². The molecule has 0 aliphatic rings. The zero-order valence-electron chi connectivity index (χ0n) is 28.6. The Morgan fingerprint density at radius 1 is 0.840 bits per heavy atom. The van der Waals surface area contributed by atoms with E-state index in [2.05, 4.69) is 11.9 Å². The van der Waals surface area contributed by atoms with Crippen LogP contribution in [0.4, 0.5) is 0 Å². The van der Waals surface area contributed by atoms with Crippen LogP contribution in [0.25, 0.3) is 0 Å². The molecule has 2 unspecified atom stereocenters. The first kappa shape index (κ1) is 48.1. The summed E-state index contributed by atoms with van der Waals surface area (Å²) in [6, 6.07) is 0. The molecule has 0 aliphatic heterocycles. The van der Waals surface area contributed by atoms with Crippen LogP contribution in [0.3, 0.4) is 0 Å². The number of allylic oxidation sites excluding steroid dienone is 1. The highest BCUT2D eigenvalue weighted by Crippen LogP contribution is 2.69. The lowest BCUT2D eigenvalue weighted by molar-refractivity contribution is -0.151. The monoisotopic (exact) mass is 779 g/mol. The van der Waals surface area contributed by atoms with E-state index in [0.29, 0.717) is 63.1 Å². The van der Waals surface area contributed by atoms with Crippen molar-refractivity contribution in [3.05, 3.63) is 12.7 Å². The smallest absolute Gasteiger partial charge is 0.369 e. The summed E-state index contributed by atoms with van der Waals surface area (Å²) in [5.41, 5.74) is 0. The highest BCUT2D eigenvalue weighted by Gasteiger charge is 2.58. The molecule has 0 heterocycles. The van der Waals surface area contributed by atoms with Crippen molar-refractivity contribution in [1.29, 1.82) is 0 Å². The second kappa shape index (κ2) is 26.9. The number of hydrogen-bond donors (Lipinski definition) is 7. The minimum atomic E-state index is -5.54. The van der Waals surface area contributed by atoms with E-state index >= 15 is 0 Å². The van der Waals surface area contributed by atoms with Crippen molar-refractivity contribution < 1.29 is 77.0 Å². The molecule has 0 aromatic rings. The average Bonchev–Trinajstić information content (AvgIpc) is 3.03. The van der Waals surface area contributed by atoms with Gasteiger partial charge in [0, 0.05) is 43.9 Å². The molecular weight excluding hydrogens is 724 g/mol. The number of ether oxygens (including phenoxy) is 4. The summed E-state index contributed by atoms with van der Waals surface area (Å²) >= 11 is 1.39. The van der Waals surface area contributed by atoms with Crippen LogP contribution >= 0.6 is 27.0 Å². The molecule has 0 saturated heterocycles. The summed E-state index contributed by atoms with van der Waals surface area (Å²) in [4.78, 5) is 85.1. The number of carbonyl (C=O) groups excluding carboxylic acids is 4. The first-order chi connectivity index (χ1) is 23.5. The van der Waals surface area contributed by atoms with Gasteiger partial charge in [-0.2, -0.15) is 11.8 Å². The Kier molecular flexibility index (Phi) is 25.9. The summed E-state index contributed by atoms with van der Waals surface area (Å²) in [6.45, 7) is 6.07. The van der Waals surface area contributed by atoms with Gasteiger partial charge in [0.25, 0.3) is 5.08 Å². The van der Waals surface area contributed by atoms with Crippen LogP contribution in [0.2, 0.25) is 0 Å². The van der Waals surface area contributed by atoms with Crippen molar-refractivity contribution in [2.75, 3.05) is 57.7 Å². The van der Waals surface area contributed by atoms with Gasteiger partial charge in [-0.3, -0.25) is 28.3 Å². The molecule has 0 aromatic heterocycles. The van der Waals surface area contributed by atoms with E-state index in [1.165, 1.54) is 11.8 Å². The van der Waals surface area contributed by atoms with Gasteiger partial charge in [-0.15, -0.1) is 6.58 Å². The van der Waals surface area contributed by atoms with Gasteiger partial charge in [0.15, 0.2) is 0 Å². The highest BCUT2D eigenvalue weighted by molar-refractivity contribution is 7.99. The van der Waals surface area contributed by atoms with Crippen LogP contribution in [0, 0.1) is 11.8 Å². The Bertz CT molecular complexity index is 1090. The molecule has 17 nitrogen and oxygen atoms in total. The van der Waals surface area contributed by atoms with Crippen LogP contribution < -0.4 is 5.32 Å². The summed E-state index contributed by atoms with van der Waals surface area (Å²) in [7, 11) is -11.1. The van der Waals surface area contributed by atoms with Gasteiger partial charge in [-0.05, 0) is 58.3 Å². The topological polar surface area (TPSA) is 273 Å². The van der Waals surface area contributed by atoms with E-state index in [1.54, 1.807) is 13.0 Å². The molecule has 0 fully saturated rings. The van der Waals surface area contributed by atoms with Crippen LogP contribution in [-0.2, 0) is 47.3 Å². The van der Waals surface area contributed by atoms with Gasteiger partial charge in [-0.25, -0.2) is 0 Å². The zero-order chi connectivity index (χ0) is 38.1. The quantitative estimate of drug-likeness (QED) is 0.0175. The normalized spacial score (nSPS) is 13.3. The predicted octanol–water partition coefficient (Wildman–Crippen LogP) is 2.21. The average molecular weight is 780 g/mol. The van der Waals surface area contributed by atoms with Gasteiger partial charge < -0.3 is 54.1 Å². The Morgan fingerprint density at radius 3 is 2.06 bits per heavy atom. The summed E-state index contributed by atoms with van der Waals surface area (Å²) in [6.07, 6.45) is 3.81. The van der Waals surface area contributed by atoms with Crippen molar-refractivity contribution in [1.82, 2.24) is 5.32 Å². The van der Waals surface area contributed by atoms with Gasteiger partial charge >= 0.3 is 33.1 Å². The van der Waals surface area contributed by atoms with Crippen molar-refractivity contribution in [2.45, 2.75) is 82.6 Å². The Hall–Kier alpha value is -1.85. The molecule has 0 spiro atoms. The van der Waals surface area contributed by atoms with Gasteiger partial charge in [-0.1, -0.05) is 6.08 Å². The number of esters is 3. The van der Waals surface area contributed by atoms with Crippen LogP contribution in [0.5, 0.6) is 0 Å². The van der Waals surface area contributed by atoms with Crippen LogP contribution in [0.1, 0.15) is 77.6 Å². The minimum absolute atomic E-state index is 0.0665. The molecule has 292 valence electrons. The van der Waals surface area contributed by atoms with E-state index in [-0.39, 0.29) is 70.8 Å². The van der Waals surface area contributed by atoms with E-state index in [0.717, 1.165) is 0 Å². The van der Waals surface area contributed by atoms with Crippen LogP contribution in [0.15, 0.2) is 12.7 Å². The van der Waals surface area contributed by atoms with E-state index < -0.39 is 50.4 Å². The maximum Gasteiger partial charge on any atom is 0.369 e. The standard InChI is InChI=1S/C30H55NO16P2S/c1-3-10-24(28(35)46-18-6-5-13-27(34)45-4-2)12-8-19-47-29(36)25(11-7-17-32)23-44-20-22-50-21-14-26(33)31-16-9-15-30(37,48(38,39)40)49(41,42)43/h3,24-25,32,37H,1,4-23H2,2H3,(H,31,33)(H2,38,39,40)(H2,41,42,43). The molecule has 0 radical (unpaired) electrons. The number of amides is 1. The maximum atomic E-state index is 12.7. The third-order valence-electron chi connectivity index (χ3n) is 7.20. The molecule has 2 atom stereocenters. The number of unbranched alkanes of at least 4 members (excludes halogenated alkanes) is 1. The molecule has 20 heteroatoms. The van der Waals surface area contributed by atoms with E-state index in [4.69, 9.17) is 38.5 Å². The number of hydrogen-bond acceptors (Lipinski definition) is 13. The van der Waals surface area contributed by atoms with Crippen molar-refractivity contribution >= 4 is 50.8 Å². The van der Waals surface area contributed by atoms with Crippen molar-refractivity contribution in [3.63, 3.8) is 0 Å². The number of aliphatic hydroxyl groups excluding tert-OH is 1. The Morgan fingerprint density at radius 2 is 1.46 bits per heavy atom. The lowest BCUT2D eigenvalue weighted by atomic mass is 10.00. The summed E-state index contributed by atoms with van der Waals surface area (Å²) in [5, 5.41) is 18.0. The molecule has 0 bridgehead atoms. The third kappa shape index (κ3) is 20.9. The van der Waals surface area contributed by atoms with Crippen LogP contribution in [-0.4, -0.2) is 116 Å². The first-order valence-electron chi connectivity index (χ1n) is 16.5. The third-order valence-corrected chi connectivity index (χ3v) is 12.0. The fourth-order valence-electron chi connectivity index (χ4n) is 4.37. The minimum Gasteiger partial charge on any atom is -0.466 e. The molecule has 0 saturated carbocycles. The van der Waals surface area contributed by atoms with Gasteiger partial charge in [0.05, 0.1) is 44.9 Å². The van der Waals surface area contributed by atoms with Crippen molar-refractivity contribution in [2.24, 2.45) is 11.8 Å². The van der Waals surface area contributed by atoms with Gasteiger partial charge in [0.2, 0.25) is 5.91 Å². The molecule has 0 aromatic carbocycles. The lowest BCUT2D eigenvalue weighted by Gasteiger charge is -2.29. The van der Waals surface area contributed by atoms with E-state index in [1.807, 2.05) is 0 Å². The second-order valence-corrected chi connectivity index (χ2v) is 16.5. The number of carbonyl (C=O) groups is 4. The second-order valence-electron chi connectivity index (χ2n) is 11.3. The molecule has 1 amide bonds. The highest BCUT2D eigenvalue weighted by atomic mass is 32.2. The maximum absolute atomic E-state index is 12.7. The Balaban J connectivity index is 4.35. The SMILES string of the molecule is C=CCC(CCCOC(=O)C(CCCO)COCCSCCC(=O)NCCCC(O)(P(=O)(O)O)P(=O)(O)O)C(=O)OCCCCC(=O)OCC. The number of aliphatic hydroxyl groups is 2. The largest absolute Gasteiger partial charge is 0.466 e. The molecule has 7 N–H and O–H groups in total. The van der Waals surface area contributed by atoms with Gasteiger partial charge in [0.1, 0.15) is 0 Å². The number of thioether (sulfide) groups is 1. The molecule has 0 rings (SSSR count). The van der Waals surface area contributed by atoms with E-state index in [9.17, 15) is 38.5 Å². The number of nitrogens with one attached hydrogen (secondary N) is 1. The fourth-order valence-corrected chi connectivity index (χ4v) is 7.39. The number of rotatable bonds is 31. The molecule has 50 heavy (non-hydrogen) atoms.